The second-order valence-electron chi connectivity index (χ2n) is 5.91. The lowest BCUT2D eigenvalue weighted by Crippen LogP contribution is -2.39. The molecule has 23 heavy (non-hydrogen) atoms. The Kier molecular flexibility index (Phi) is 3.58. The van der Waals surface area contributed by atoms with Crippen molar-refractivity contribution >= 4 is 28.5 Å². The lowest BCUT2D eigenvalue weighted by Gasteiger charge is -2.26. The summed E-state index contributed by atoms with van der Waals surface area (Å²) in [4.78, 5) is 12.7. The van der Waals surface area contributed by atoms with Crippen molar-refractivity contribution in [1.82, 2.24) is 5.32 Å². The number of benzene rings is 2. The van der Waals surface area contributed by atoms with Crippen molar-refractivity contribution in [2.24, 2.45) is 0 Å². The topological polar surface area (TPSA) is 42.2 Å². The number of furan rings is 1. The van der Waals surface area contributed by atoms with E-state index in [-0.39, 0.29) is 11.9 Å². The molecular weight excluding hydrogens is 310 g/mol. The molecule has 1 saturated carbocycles. The van der Waals surface area contributed by atoms with E-state index in [4.69, 9.17) is 16.0 Å². The van der Waals surface area contributed by atoms with Gasteiger partial charge in [-0.1, -0.05) is 41.9 Å². The third-order valence-corrected chi connectivity index (χ3v) is 4.59. The number of halogens is 1. The van der Waals surface area contributed by atoms with Crippen LogP contribution in [0.2, 0.25) is 5.02 Å². The summed E-state index contributed by atoms with van der Waals surface area (Å²) >= 11 is 6.14. The van der Waals surface area contributed by atoms with E-state index in [1.54, 1.807) is 6.07 Å². The molecule has 1 amide bonds. The molecule has 1 aliphatic rings. The Bertz CT molecular complexity index is 866. The van der Waals surface area contributed by atoms with Gasteiger partial charge in [-0.15, -0.1) is 0 Å². The SMILES string of the molecule is O=C(NC1CCC1)c1oc2ccc(Cl)cc2c1-c1ccccc1. The molecule has 0 spiro atoms. The Morgan fingerprint density at radius 3 is 2.61 bits per heavy atom. The van der Waals surface area contributed by atoms with Crippen LogP contribution in [0.1, 0.15) is 29.8 Å². The minimum atomic E-state index is -0.152. The van der Waals surface area contributed by atoms with Crippen LogP contribution in [0, 0.1) is 0 Å². The quantitative estimate of drug-likeness (QED) is 0.733. The lowest BCUT2D eigenvalue weighted by atomic mass is 9.93. The minimum Gasteiger partial charge on any atom is -0.450 e. The van der Waals surface area contributed by atoms with E-state index < -0.39 is 0 Å². The molecule has 2 aromatic carbocycles. The van der Waals surface area contributed by atoms with Gasteiger partial charge in [0, 0.05) is 22.0 Å². The van der Waals surface area contributed by atoms with Crippen LogP contribution in [0.5, 0.6) is 0 Å². The molecule has 1 N–H and O–H groups in total. The van der Waals surface area contributed by atoms with Gasteiger partial charge in [-0.25, -0.2) is 0 Å². The zero-order chi connectivity index (χ0) is 15.8. The number of hydrogen-bond acceptors (Lipinski definition) is 2. The van der Waals surface area contributed by atoms with Crippen molar-refractivity contribution in [3.63, 3.8) is 0 Å². The molecular formula is C19H16ClNO2. The fourth-order valence-electron chi connectivity index (χ4n) is 2.92. The molecule has 1 aliphatic carbocycles. The second-order valence-corrected chi connectivity index (χ2v) is 6.35. The zero-order valence-electron chi connectivity index (χ0n) is 12.5. The summed E-state index contributed by atoms with van der Waals surface area (Å²) in [5.41, 5.74) is 2.43. The van der Waals surface area contributed by atoms with Crippen LogP contribution in [0.4, 0.5) is 0 Å². The standard InChI is InChI=1S/C19H16ClNO2/c20-13-9-10-16-15(11-13)17(12-5-2-1-3-6-12)18(23-16)19(22)21-14-7-4-8-14/h1-3,5-6,9-11,14H,4,7-8H2,(H,21,22). The van der Waals surface area contributed by atoms with Crippen molar-refractivity contribution in [1.29, 1.82) is 0 Å². The average Bonchev–Trinajstić information content (AvgIpc) is 2.90. The van der Waals surface area contributed by atoms with Crippen molar-refractivity contribution in [3.8, 4) is 11.1 Å². The van der Waals surface area contributed by atoms with E-state index in [0.717, 1.165) is 29.4 Å². The maximum atomic E-state index is 12.7. The van der Waals surface area contributed by atoms with Crippen molar-refractivity contribution in [2.75, 3.05) is 0 Å². The smallest absolute Gasteiger partial charge is 0.287 e. The Hall–Kier alpha value is -2.26. The molecule has 4 heteroatoms. The molecule has 0 aliphatic heterocycles. The van der Waals surface area contributed by atoms with Gasteiger partial charge >= 0.3 is 0 Å². The largest absolute Gasteiger partial charge is 0.450 e. The first-order valence-corrected chi connectivity index (χ1v) is 8.18. The maximum absolute atomic E-state index is 12.7. The van der Waals surface area contributed by atoms with Gasteiger partial charge in [-0.2, -0.15) is 0 Å². The first-order chi connectivity index (χ1) is 11.2. The summed E-state index contributed by atoms with van der Waals surface area (Å²) in [5, 5.41) is 4.54. The predicted octanol–water partition coefficient (Wildman–Crippen LogP) is 5.04. The van der Waals surface area contributed by atoms with E-state index in [1.807, 2.05) is 42.5 Å². The molecule has 3 nitrogen and oxygen atoms in total. The van der Waals surface area contributed by atoms with E-state index >= 15 is 0 Å². The van der Waals surface area contributed by atoms with E-state index in [1.165, 1.54) is 6.42 Å². The van der Waals surface area contributed by atoms with Crippen LogP contribution in [0.15, 0.2) is 52.9 Å². The van der Waals surface area contributed by atoms with Crippen molar-refractivity contribution < 1.29 is 9.21 Å². The van der Waals surface area contributed by atoms with E-state index in [0.29, 0.717) is 16.4 Å². The normalized spacial score (nSPS) is 14.7. The average molecular weight is 326 g/mol. The molecule has 3 aromatic rings. The predicted molar refractivity (Wildman–Crippen MR) is 91.8 cm³/mol. The number of carbonyl (C=O) groups excluding carboxylic acids is 1. The van der Waals surface area contributed by atoms with Crippen LogP contribution >= 0.6 is 11.6 Å². The molecule has 1 heterocycles. The number of amides is 1. The van der Waals surface area contributed by atoms with Gasteiger partial charge in [-0.05, 0) is 43.0 Å². The van der Waals surface area contributed by atoms with Crippen LogP contribution in [-0.2, 0) is 0 Å². The highest BCUT2D eigenvalue weighted by Gasteiger charge is 2.26. The Labute approximate surface area is 139 Å². The lowest BCUT2D eigenvalue weighted by molar-refractivity contribution is 0.0892. The first kappa shape index (κ1) is 14.3. The van der Waals surface area contributed by atoms with E-state index in [2.05, 4.69) is 5.32 Å². The Morgan fingerprint density at radius 2 is 1.91 bits per heavy atom. The van der Waals surface area contributed by atoms with Crippen LogP contribution in [0.3, 0.4) is 0 Å². The van der Waals surface area contributed by atoms with Gasteiger partial charge in [0.2, 0.25) is 5.76 Å². The summed E-state index contributed by atoms with van der Waals surface area (Å²) < 4.78 is 5.87. The molecule has 1 fully saturated rings. The van der Waals surface area contributed by atoms with Gasteiger partial charge in [0.15, 0.2) is 0 Å². The fraction of sp³-hybridized carbons (Fsp3) is 0.211. The van der Waals surface area contributed by atoms with Crippen LogP contribution in [-0.4, -0.2) is 11.9 Å². The van der Waals surface area contributed by atoms with E-state index in [9.17, 15) is 4.79 Å². The summed E-state index contributed by atoms with van der Waals surface area (Å²) in [5.74, 6) is 0.209. The number of nitrogens with one attached hydrogen (secondary N) is 1. The van der Waals surface area contributed by atoms with Gasteiger partial charge in [0.1, 0.15) is 5.58 Å². The molecule has 0 bridgehead atoms. The first-order valence-electron chi connectivity index (χ1n) is 7.81. The maximum Gasteiger partial charge on any atom is 0.287 e. The molecule has 0 unspecified atom stereocenters. The van der Waals surface area contributed by atoms with Crippen LogP contribution < -0.4 is 5.32 Å². The number of rotatable bonds is 3. The number of carbonyl (C=O) groups is 1. The third kappa shape index (κ3) is 2.62. The number of fused-ring (bicyclic) bond motifs is 1. The van der Waals surface area contributed by atoms with Crippen LogP contribution in [0.25, 0.3) is 22.1 Å². The monoisotopic (exact) mass is 325 g/mol. The van der Waals surface area contributed by atoms with Crippen molar-refractivity contribution in [2.45, 2.75) is 25.3 Å². The summed E-state index contributed by atoms with van der Waals surface area (Å²) in [6.45, 7) is 0. The second kappa shape index (κ2) is 5.74. The van der Waals surface area contributed by atoms with Gasteiger partial charge < -0.3 is 9.73 Å². The molecule has 0 atom stereocenters. The Morgan fingerprint density at radius 1 is 1.13 bits per heavy atom. The van der Waals surface area contributed by atoms with Gasteiger partial charge in [-0.3, -0.25) is 4.79 Å². The zero-order valence-corrected chi connectivity index (χ0v) is 13.3. The highest BCUT2D eigenvalue weighted by Crippen LogP contribution is 2.36. The molecule has 0 radical (unpaired) electrons. The highest BCUT2D eigenvalue weighted by molar-refractivity contribution is 6.31. The van der Waals surface area contributed by atoms with Gasteiger partial charge in [0.25, 0.3) is 5.91 Å². The minimum absolute atomic E-state index is 0.152. The molecule has 116 valence electrons. The highest BCUT2D eigenvalue weighted by atomic mass is 35.5. The third-order valence-electron chi connectivity index (χ3n) is 4.36. The van der Waals surface area contributed by atoms with Gasteiger partial charge in [0.05, 0.1) is 0 Å². The molecule has 0 saturated heterocycles. The van der Waals surface area contributed by atoms with Crippen molar-refractivity contribution in [3.05, 3.63) is 59.3 Å². The summed E-state index contributed by atoms with van der Waals surface area (Å²) in [7, 11) is 0. The Balaban J connectivity index is 1.87. The number of hydrogen-bond donors (Lipinski definition) is 1. The summed E-state index contributed by atoms with van der Waals surface area (Å²) in [6.07, 6.45) is 3.25. The molecule has 4 rings (SSSR count). The molecule has 1 aromatic heterocycles. The fourth-order valence-corrected chi connectivity index (χ4v) is 3.10. The summed E-state index contributed by atoms with van der Waals surface area (Å²) in [6, 6.07) is 15.5.